The molecule has 0 radical (unpaired) electrons. The van der Waals surface area contributed by atoms with Gasteiger partial charge in [0.1, 0.15) is 0 Å². The van der Waals surface area contributed by atoms with Gasteiger partial charge in [0.15, 0.2) is 0 Å². The van der Waals surface area contributed by atoms with Crippen LogP contribution in [0.15, 0.2) is 12.2 Å². The lowest BCUT2D eigenvalue weighted by Crippen LogP contribution is -2.31. The van der Waals surface area contributed by atoms with E-state index in [1.165, 1.54) is 0 Å². The van der Waals surface area contributed by atoms with Crippen molar-refractivity contribution in [3.63, 3.8) is 0 Å². The number of rotatable bonds is 1. The summed E-state index contributed by atoms with van der Waals surface area (Å²) < 4.78 is 0. The molecular weight excluding hydrogens is 140 g/mol. The van der Waals surface area contributed by atoms with Crippen LogP contribution in [0, 0.1) is 5.41 Å². The molecule has 0 bridgehead atoms. The lowest BCUT2D eigenvalue weighted by atomic mass is 9.72. The fourth-order valence-electron chi connectivity index (χ4n) is 1.53. The second kappa shape index (κ2) is 2.68. The molecule has 1 rings (SSSR count). The van der Waals surface area contributed by atoms with Crippen molar-refractivity contribution in [2.45, 2.75) is 32.6 Å². The van der Waals surface area contributed by atoms with Gasteiger partial charge in [-0.2, -0.15) is 0 Å². The summed E-state index contributed by atoms with van der Waals surface area (Å²) in [6, 6.07) is 0. The minimum absolute atomic E-state index is 0.641. The maximum Gasteiger partial charge on any atom is 0.313 e. The molecule has 1 fully saturated rings. The third kappa shape index (κ3) is 1.30. The smallest absolute Gasteiger partial charge is 0.313 e. The summed E-state index contributed by atoms with van der Waals surface area (Å²) in [7, 11) is 0. The van der Waals surface area contributed by atoms with Crippen LogP contribution in [0.25, 0.3) is 0 Å². The van der Waals surface area contributed by atoms with E-state index in [0.29, 0.717) is 0 Å². The summed E-state index contributed by atoms with van der Waals surface area (Å²) >= 11 is 0. The quantitative estimate of drug-likeness (QED) is 0.588. The zero-order valence-corrected chi connectivity index (χ0v) is 6.89. The Balaban J connectivity index is 2.81. The molecule has 0 heterocycles. The standard InChI is InChI=1S/C9H14O2/c1-7-5-3-4-6-9(7,2)8(10)11/h1,3-6H2,2H3,(H,10,11). The Morgan fingerprint density at radius 3 is 2.64 bits per heavy atom. The first kappa shape index (κ1) is 8.31. The zero-order chi connectivity index (χ0) is 8.48. The average molecular weight is 154 g/mol. The van der Waals surface area contributed by atoms with Crippen LogP contribution >= 0.6 is 0 Å². The molecule has 2 heteroatoms. The fourth-order valence-corrected chi connectivity index (χ4v) is 1.53. The van der Waals surface area contributed by atoms with Gasteiger partial charge in [-0.3, -0.25) is 4.79 Å². The lowest BCUT2D eigenvalue weighted by Gasteiger charge is -2.31. The maximum atomic E-state index is 10.8. The Morgan fingerprint density at radius 1 is 1.64 bits per heavy atom. The van der Waals surface area contributed by atoms with Crippen LogP contribution in [0.3, 0.4) is 0 Å². The van der Waals surface area contributed by atoms with E-state index in [1.807, 2.05) is 0 Å². The van der Waals surface area contributed by atoms with Crippen molar-refractivity contribution in [1.82, 2.24) is 0 Å². The summed E-state index contributed by atoms with van der Waals surface area (Å²) in [5.74, 6) is -0.720. The van der Waals surface area contributed by atoms with Crippen LogP contribution in [0.4, 0.5) is 0 Å². The monoisotopic (exact) mass is 154 g/mol. The van der Waals surface area contributed by atoms with Crippen LogP contribution in [0.2, 0.25) is 0 Å². The summed E-state index contributed by atoms with van der Waals surface area (Å²) in [6.45, 7) is 5.58. The molecule has 1 atom stereocenters. The van der Waals surface area contributed by atoms with E-state index < -0.39 is 11.4 Å². The van der Waals surface area contributed by atoms with E-state index in [9.17, 15) is 4.79 Å². The third-order valence-electron chi connectivity index (χ3n) is 2.66. The second-order valence-electron chi connectivity index (χ2n) is 3.45. The predicted octanol–water partition coefficient (Wildman–Crippen LogP) is 2.21. The van der Waals surface area contributed by atoms with E-state index in [2.05, 4.69) is 6.58 Å². The molecule has 0 aromatic rings. The first-order valence-electron chi connectivity index (χ1n) is 3.99. The van der Waals surface area contributed by atoms with Crippen LogP contribution in [-0.4, -0.2) is 11.1 Å². The largest absolute Gasteiger partial charge is 0.481 e. The van der Waals surface area contributed by atoms with Crippen molar-refractivity contribution < 1.29 is 9.90 Å². The van der Waals surface area contributed by atoms with Gasteiger partial charge in [0.05, 0.1) is 5.41 Å². The molecule has 0 aromatic heterocycles. The predicted molar refractivity (Wildman–Crippen MR) is 43.4 cm³/mol. The van der Waals surface area contributed by atoms with E-state index in [0.717, 1.165) is 31.3 Å². The molecule has 1 unspecified atom stereocenters. The van der Waals surface area contributed by atoms with Crippen molar-refractivity contribution in [1.29, 1.82) is 0 Å². The van der Waals surface area contributed by atoms with Gasteiger partial charge in [-0.15, -0.1) is 0 Å². The van der Waals surface area contributed by atoms with E-state index >= 15 is 0 Å². The minimum atomic E-state index is -0.720. The molecule has 62 valence electrons. The van der Waals surface area contributed by atoms with Crippen LogP contribution < -0.4 is 0 Å². The van der Waals surface area contributed by atoms with Gasteiger partial charge < -0.3 is 5.11 Å². The molecule has 1 aliphatic rings. The van der Waals surface area contributed by atoms with E-state index in [4.69, 9.17) is 5.11 Å². The van der Waals surface area contributed by atoms with Crippen molar-refractivity contribution in [2.75, 3.05) is 0 Å². The summed E-state index contributed by atoms with van der Waals surface area (Å²) in [4.78, 5) is 10.8. The molecule has 1 aliphatic carbocycles. The van der Waals surface area contributed by atoms with E-state index in [-0.39, 0.29) is 0 Å². The molecule has 11 heavy (non-hydrogen) atoms. The Kier molecular flexibility index (Phi) is 2.03. The number of carboxylic acids is 1. The molecule has 1 saturated carbocycles. The Labute approximate surface area is 66.9 Å². The van der Waals surface area contributed by atoms with Gasteiger partial charge >= 0.3 is 5.97 Å². The highest BCUT2D eigenvalue weighted by molar-refractivity contribution is 5.78. The van der Waals surface area contributed by atoms with Crippen molar-refractivity contribution in [2.24, 2.45) is 5.41 Å². The van der Waals surface area contributed by atoms with Gasteiger partial charge in [0.25, 0.3) is 0 Å². The minimum Gasteiger partial charge on any atom is -0.481 e. The first-order valence-corrected chi connectivity index (χ1v) is 3.99. The molecule has 2 nitrogen and oxygen atoms in total. The van der Waals surface area contributed by atoms with Crippen molar-refractivity contribution >= 4 is 5.97 Å². The zero-order valence-electron chi connectivity index (χ0n) is 6.89. The summed E-state index contributed by atoms with van der Waals surface area (Å²) in [6.07, 6.45) is 3.74. The molecule has 0 saturated heterocycles. The highest BCUT2D eigenvalue weighted by atomic mass is 16.4. The van der Waals surface area contributed by atoms with E-state index in [1.54, 1.807) is 6.92 Å². The number of aliphatic carboxylic acids is 1. The number of hydrogen-bond acceptors (Lipinski definition) is 1. The number of carboxylic acid groups (broad SMARTS) is 1. The maximum absolute atomic E-state index is 10.8. The van der Waals surface area contributed by atoms with Crippen molar-refractivity contribution in [3.05, 3.63) is 12.2 Å². The first-order chi connectivity index (χ1) is 5.07. The Morgan fingerprint density at radius 2 is 2.27 bits per heavy atom. The molecule has 1 N–H and O–H groups in total. The normalized spacial score (nSPS) is 31.9. The highest BCUT2D eigenvalue weighted by Gasteiger charge is 2.37. The summed E-state index contributed by atoms with van der Waals surface area (Å²) in [5, 5.41) is 8.91. The molecule has 0 spiro atoms. The van der Waals surface area contributed by atoms with Crippen LogP contribution in [0.1, 0.15) is 32.6 Å². The topological polar surface area (TPSA) is 37.3 Å². The van der Waals surface area contributed by atoms with Crippen LogP contribution in [0.5, 0.6) is 0 Å². The average Bonchev–Trinajstić information content (AvgIpc) is 1.95. The van der Waals surface area contributed by atoms with Crippen molar-refractivity contribution in [3.8, 4) is 0 Å². The summed E-state index contributed by atoms with van der Waals surface area (Å²) in [5.41, 5.74) is 0.245. The third-order valence-corrected chi connectivity index (χ3v) is 2.66. The molecule has 0 aromatic carbocycles. The molecule has 0 amide bonds. The fraction of sp³-hybridized carbons (Fsp3) is 0.667. The SMILES string of the molecule is C=C1CCCCC1(C)C(=O)O. The Bertz CT molecular complexity index is 196. The number of hydrogen-bond donors (Lipinski definition) is 1. The van der Waals surface area contributed by atoms with Crippen LogP contribution in [-0.2, 0) is 4.79 Å². The number of carbonyl (C=O) groups is 1. The van der Waals surface area contributed by atoms with Gasteiger partial charge in [-0.25, -0.2) is 0 Å². The van der Waals surface area contributed by atoms with Gasteiger partial charge in [0.2, 0.25) is 0 Å². The lowest BCUT2D eigenvalue weighted by molar-refractivity contribution is -0.146. The Hall–Kier alpha value is -0.790. The van der Waals surface area contributed by atoms with Gasteiger partial charge in [-0.05, 0) is 26.2 Å². The molecule has 0 aliphatic heterocycles. The highest BCUT2D eigenvalue weighted by Crippen LogP contribution is 2.39. The van der Waals surface area contributed by atoms with Gasteiger partial charge in [0, 0.05) is 0 Å². The molecular formula is C9H14O2. The van der Waals surface area contributed by atoms with Gasteiger partial charge in [-0.1, -0.05) is 18.6 Å². The second-order valence-corrected chi connectivity index (χ2v) is 3.45.